The first kappa shape index (κ1) is 16.9. The Bertz CT molecular complexity index is 430. The van der Waals surface area contributed by atoms with Crippen molar-refractivity contribution in [3.05, 3.63) is 30.1 Å². The highest BCUT2D eigenvalue weighted by Crippen LogP contribution is 2.10. The number of pyridine rings is 1. The van der Waals surface area contributed by atoms with Crippen LogP contribution >= 0.6 is 0 Å². The molecule has 0 aliphatic carbocycles. The predicted octanol–water partition coefficient (Wildman–Crippen LogP) is 1.63. The smallest absolute Gasteiger partial charge is 0.222 e. The largest absolute Gasteiger partial charge is 0.340 e. The van der Waals surface area contributed by atoms with Crippen LogP contribution in [0.25, 0.3) is 0 Å². The van der Waals surface area contributed by atoms with Crippen molar-refractivity contribution in [3.63, 3.8) is 0 Å². The van der Waals surface area contributed by atoms with Gasteiger partial charge in [-0.3, -0.25) is 14.7 Å². The van der Waals surface area contributed by atoms with Crippen LogP contribution in [0.5, 0.6) is 0 Å². The Kier molecular flexibility index (Phi) is 7.33. The normalized spacial score (nSPS) is 16.0. The number of carbonyl (C=O) groups is 1. The molecule has 1 fully saturated rings. The molecule has 1 aliphatic heterocycles. The first-order valence-corrected chi connectivity index (χ1v) is 8.39. The fourth-order valence-corrected chi connectivity index (χ4v) is 2.81. The number of hydrogen-bond donors (Lipinski definition) is 1. The number of carbonyl (C=O) groups excluding carboxylic acids is 1. The van der Waals surface area contributed by atoms with Crippen LogP contribution in [0.15, 0.2) is 24.4 Å². The molecule has 5 nitrogen and oxygen atoms in total. The summed E-state index contributed by atoms with van der Waals surface area (Å²) in [5.41, 5.74) is 6.57. The van der Waals surface area contributed by atoms with Crippen LogP contribution in [0, 0.1) is 0 Å². The van der Waals surface area contributed by atoms with Gasteiger partial charge < -0.3 is 10.6 Å². The Morgan fingerprint density at radius 3 is 2.55 bits per heavy atom. The lowest BCUT2D eigenvalue weighted by atomic mass is 10.1. The molecule has 1 aromatic heterocycles. The van der Waals surface area contributed by atoms with Crippen molar-refractivity contribution in [3.8, 4) is 0 Å². The molecule has 0 aromatic carbocycles. The third kappa shape index (κ3) is 5.73. The Hall–Kier alpha value is -1.46. The topological polar surface area (TPSA) is 62.5 Å². The Balaban J connectivity index is 1.63. The van der Waals surface area contributed by atoms with Crippen molar-refractivity contribution in [1.82, 2.24) is 14.8 Å². The summed E-state index contributed by atoms with van der Waals surface area (Å²) in [6.07, 6.45) is 6.84. The lowest BCUT2D eigenvalue weighted by Crippen LogP contribution is -2.48. The molecule has 0 bridgehead atoms. The first-order chi connectivity index (χ1) is 10.8. The molecule has 22 heavy (non-hydrogen) atoms. The average molecular weight is 304 g/mol. The molecule has 1 saturated heterocycles. The molecule has 0 atom stereocenters. The van der Waals surface area contributed by atoms with Gasteiger partial charge >= 0.3 is 0 Å². The Labute approximate surface area is 133 Å². The van der Waals surface area contributed by atoms with Gasteiger partial charge in [-0.05, 0) is 31.5 Å². The Morgan fingerprint density at radius 2 is 1.86 bits per heavy atom. The van der Waals surface area contributed by atoms with Crippen molar-refractivity contribution in [2.24, 2.45) is 5.73 Å². The van der Waals surface area contributed by atoms with Crippen LogP contribution in [0.2, 0.25) is 0 Å². The summed E-state index contributed by atoms with van der Waals surface area (Å²) in [5, 5.41) is 0. The molecular weight excluding hydrogens is 276 g/mol. The third-order valence-electron chi connectivity index (χ3n) is 4.18. The van der Waals surface area contributed by atoms with E-state index in [2.05, 4.69) is 16.0 Å². The lowest BCUT2D eigenvalue weighted by molar-refractivity contribution is -0.133. The van der Waals surface area contributed by atoms with Crippen LogP contribution in [-0.4, -0.2) is 53.4 Å². The van der Waals surface area contributed by atoms with E-state index in [0.29, 0.717) is 12.3 Å². The highest BCUT2D eigenvalue weighted by Gasteiger charge is 2.20. The molecule has 1 aromatic rings. The fourth-order valence-electron chi connectivity index (χ4n) is 2.81. The number of unbranched alkanes of at least 4 members (excludes halogenated alkanes) is 3. The molecular formula is C17H28N4O. The van der Waals surface area contributed by atoms with E-state index in [1.807, 2.05) is 23.2 Å². The summed E-state index contributed by atoms with van der Waals surface area (Å²) in [5.74, 6) is 0.310. The molecule has 0 radical (unpaired) electrons. The van der Waals surface area contributed by atoms with E-state index < -0.39 is 0 Å². The number of piperazine rings is 1. The number of nitrogens with zero attached hydrogens (tertiary/aromatic N) is 3. The summed E-state index contributed by atoms with van der Waals surface area (Å²) in [4.78, 5) is 20.9. The molecule has 2 heterocycles. The minimum absolute atomic E-state index is 0.310. The van der Waals surface area contributed by atoms with Gasteiger partial charge in [-0.2, -0.15) is 0 Å². The Morgan fingerprint density at radius 1 is 1.09 bits per heavy atom. The highest BCUT2D eigenvalue weighted by atomic mass is 16.2. The zero-order valence-corrected chi connectivity index (χ0v) is 13.4. The van der Waals surface area contributed by atoms with Gasteiger partial charge in [-0.1, -0.05) is 18.9 Å². The van der Waals surface area contributed by atoms with Crippen LogP contribution < -0.4 is 5.73 Å². The monoisotopic (exact) mass is 304 g/mol. The minimum atomic E-state index is 0.310. The van der Waals surface area contributed by atoms with Gasteiger partial charge in [0, 0.05) is 45.3 Å². The number of rotatable bonds is 8. The highest BCUT2D eigenvalue weighted by molar-refractivity contribution is 5.76. The second-order valence-corrected chi connectivity index (χ2v) is 5.93. The van der Waals surface area contributed by atoms with E-state index >= 15 is 0 Å². The summed E-state index contributed by atoms with van der Waals surface area (Å²) in [6, 6.07) is 6.01. The van der Waals surface area contributed by atoms with Gasteiger partial charge in [0.15, 0.2) is 0 Å². The molecule has 0 unspecified atom stereocenters. The van der Waals surface area contributed by atoms with Crippen LogP contribution in [0.3, 0.4) is 0 Å². The fraction of sp³-hybridized carbons (Fsp3) is 0.647. The standard InChI is InChI=1S/C17H28N4O/c18-9-5-2-1-3-8-17(22)21-13-11-20(12-14-21)15-16-7-4-6-10-19-16/h4,6-7,10H,1-3,5,8-9,11-15,18H2. The maximum absolute atomic E-state index is 12.2. The van der Waals surface area contributed by atoms with Crippen LogP contribution in [0.4, 0.5) is 0 Å². The molecule has 1 aliphatic rings. The van der Waals surface area contributed by atoms with Crippen molar-refractivity contribution in [2.45, 2.75) is 38.6 Å². The van der Waals surface area contributed by atoms with Crippen LogP contribution in [-0.2, 0) is 11.3 Å². The second kappa shape index (κ2) is 9.54. The zero-order valence-electron chi connectivity index (χ0n) is 13.4. The number of amides is 1. The first-order valence-electron chi connectivity index (χ1n) is 8.39. The van der Waals surface area contributed by atoms with E-state index in [-0.39, 0.29) is 0 Å². The molecule has 0 saturated carbocycles. The molecule has 2 N–H and O–H groups in total. The van der Waals surface area contributed by atoms with Gasteiger partial charge in [0.1, 0.15) is 0 Å². The molecule has 1 amide bonds. The zero-order chi connectivity index (χ0) is 15.6. The van der Waals surface area contributed by atoms with Gasteiger partial charge in [-0.15, -0.1) is 0 Å². The van der Waals surface area contributed by atoms with Crippen LogP contribution in [0.1, 0.15) is 37.8 Å². The van der Waals surface area contributed by atoms with Crippen molar-refractivity contribution in [1.29, 1.82) is 0 Å². The summed E-state index contributed by atoms with van der Waals surface area (Å²) >= 11 is 0. The maximum atomic E-state index is 12.2. The average Bonchev–Trinajstić information content (AvgIpc) is 2.56. The second-order valence-electron chi connectivity index (χ2n) is 5.93. The van der Waals surface area contributed by atoms with Gasteiger partial charge in [-0.25, -0.2) is 0 Å². The van der Waals surface area contributed by atoms with Crippen molar-refractivity contribution in [2.75, 3.05) is 32.7 Å². The predicted molar refractivity (Wildman–Crippen MR) is 88.2 cm³/mol. The molecule has 122 valence electrons. The molecule has 0 spiro atoms. The lowest BCUT2D eigenvalue weighted by Gasteiger charge is -2.34. The van der Waals surface area contributed by atoms with Crippen molar-refractivity contribution < 1.29 is 4.79 Å². The van der Waals surface area contributed by atoms with Gasteiger partial charge in [0.2, 0.25) is 5.91 Å². The third-order valence-corrected chi connectivity index (χ3v) is 4.18. The summed E-state index contributed by atoms with van der Waals surface area (Å²) < 4.78 is 0. The van der Waals surface area contributed by atoms with E-state index in [4.69, 9.17) is 5.73 Å². The van der Waals surface area contributed by atoms with Gasteiger partial charge in [0.25, 0.3) is 0 Å². The van der Waals surface area contributed by atoms with E-state index in [1.165, 1.54) is 0 Å². The number of hydrogen-bond acceptors (Lipinski definition) is 4. The van der Waals surface area contributed by atoms with E-state index in [0.717, 1.165) is 70.6 Å². The van der Waals surface area contributed by atoms with E-state index in [1.54, 1.807) is 0 Å². The maximum Gasteiger partial charge on any atom is 0.222 e. The number of aromatic nitrogens is 1. The summed E-state index contributed by atoms with van der Waals surface area (Å²) in [7, 11) is 0. The van der Waals surface area contributed by atoms with E-state index in [9.17, 15) is 4.79 Å². The summed E-state index contributed by atoms with van der Waals surface area (Å²) in [6.45, 7) is 5.20. The van der Waals surface area contributed by atoms with Crippen molar-refractivity contribution >= 4 is 5.91 Å². The number of nitrogens with two attached hydrogens (primary N) is 1. The molecule has 5 heteroatoms. The SMILES string of the molecule is NCCCCCCC(=O)N1CCN(Cc2ccccn2)CC1. The molecule has 2 rings (SSSR count). The van der Waals surface area contributed by atoms with Gasteiger partial charge in [0.05, 0.1) is 5.69 Å². The quantitative estimate of drug-likeness (QED) is 0.742. The minimum Gasteiger partial charge on any atom is -0.340 e.